The molecule has 24 nitrogen and oxygen atoms in total. The summed E-state index contributed by atoms with van der Waals surface area (Å²) < 4.78 is 71.9. The molecule has 0 radical (unpaired) electrons. The number of aromatic amines is 2. The fraction of sp³-hybridized carbons (Fsp3) is 0.453. The summed E-state index contributed by atoms with van der Waals surface area (Å²) in [5.74, 6) is 3.86. The first-order valence-corrected chi connectivity index (χ1v) is 31.6. The summed E-state index contributed by atoms with van der Waals surface area (Å²) in [5.41, 5.74) is 28.4. The number of fused-ring (bicyclic) bond motifs is 2. The third-order valence-corrected chi connectivity index (χ3v) is 16.2. The topological polar surface area (TPSA) is 313 Å². The highest BCUT2D eigenvalue weighted by atomic mass is 79.9. The molecule has 0 unspecified atom stereocenters. The highest BCUT2D eigenvalue weighted by molar-refractivity contribution is 9.11. The Morgan fingerprint density at radius 2 is 0.824 bits per heavy atom. The van der Waals surface area contributed by atoms with Crippen molar-refractivity contribution < 1.29 is 60.3 Å². The smallest absolute Gasteiger partial charge is 0.465 e. The molecule has 91 heavy (non-hydrogen) atoms. The lowest BCUT2D eigenvalue weighted by Crippen LogP contribution is -2.42. The molecule has 1 aliphatic rings. The molecule has 27 heteroatoms. The number of benzene rings is 3. The Hall–Kier alpha value is -7.37. The van der Waals surface area contributed by atoms with Gasteiger partial charge in [-0.15, -0.1) is 0 Å². The number of aromatic nitrogens is 9. The zero-order chi connectivity index (χ0) is 66.9. The number of rotatable bonds is 17. The van der Waals surface area contributed by atoms with Crippen LogP contribution in [-0.4, -0.2) is 110 Å². The summed E-state index contributed by atoms with van der Waals surface area (Å²) in [6, 6.07) is 12.9. The summed E-state index contributed by atoms with van der Waals surface area (Å²) >= 11 is 6.93. The summed E-state index contributed by atoms with van der Waals surface area (Å²) in [6.45, 7) is 41.6. The molecule has 10 aromatic rings. The molecule has 0 saturated carbocycles. The van der Waals surface area contributed by atoms with Gasteiger partial charge in [0, 0.05) is 42.2 Å². The zero-order valence-corrected chi connectivity index (χ0v) is 58.8. The van der Waals surface area contributed by atoms with Crippen LogP contribution in [0.1, 0.15) is 127 Å². The Labute approximate surface area is 547 Å². The molecular formula is C64H84BBr2N11O13. The average Bonchev–Trinajstić information content (AvgIpc) is 1.90. The third-order valence-electron chi connectivity index (χ3n) is 14.9. The van der Waals surface area contributed by atoms with Crippen LogP contribution >= 0.6 is 31.9 Å². The van der Waals surface area contributed by atoms with Crippen molar-refractivity contribution in [1.82, 2.24) is 45.7 Å². The number of nitrogens with one attached hydrogen (secondary N) is 2. The fourth-order valence-corrected chi connectivity index (χ4v) is 11.1. The van der Waals surface area contributed by atoms with E-state index < -0.39 is 6.16 Å². The average molecular weight is 1390 g/mol. The normalized spacial score (nSPS) is 13.3. The number of aryl methyl sites for hydroxylation is 10. The molecule has 7 aromatic heterocycles. The van der Waals surface area contributed by atoms with Gasteiger partial charge in [-0.2, -0.15) is 9.97 Å². The summed E-state index contributed by atoms with van der Waals surface area (Å²) in [4.78, 5) is 15.4. The monoisotopic (exact) mass is 1380 g/mol. The van der Waals surface area contributed by atoms with Crippen LogP contribution in [0.5, 0.6) is 12.0 Å². The van der Waals surface area contributed by atoms with Gasteiger partial charge in [0.25, 0.3) is 12.0 Å². The molecule has 0 amide bonds. The van der Waals surface area contributed by atoms with Crippen molar-refractivity contribution in [3.63, 3.8) is 0 Å². The molecule has 0 bridgehead atoms. The van der Waals surface area contributed by atoms with Gasteiger partial charge in [-0.3, -0.25) is 0 Å². The van der Waals surface area contributed by atoms with Crippen LogP contribution in [0.4, 0.5) is 11.4 Å². The molecule has 0 atom stereocenters. The van der Waals surface area contributed by atoms with Crippen LogP contribution in [0.2, 0.25) is 0 Å². The van der Waals surface area contributed by atoms with Gasteiger partial charge >= 0.3 is 13.3 Å². The van der Waals surface area contributed by atoms with Crippen LogP contribution in [0.25, 0.3) is 66.6 Å². The number of H-pyrrole nitrogens is 2. The second kappa shape index (κ2) is 30.4. The highest BCUT2D eigenvalue weighted by Gasteiger charge is 2.53. The molecule has 11 rings (SSSR count). The maximum absolute atomic E-state index is 5.95. The number of hydrogen-bond donors (Lipinski definition) is 4. The number of nitrogens with two attached hydrogens (primary N) is 2. The molecule has 1 aliphatic heterocycles. The van der Waals surface area contributed by atoms with E-state index in [1.54, 1.807) is 0 Å². The predicted octanol–water partition coefficient (Wildman–Crippen LogP) is 14.7. The van der Waals surface area contributed by atoms with Crippen molar-refractivity contribution in [1.29, 1.82) is 0 Å². The molecular weight excluding hydrogens is 1300 g/mol. The zero-order valence-electron chi connectivity index (χ0n) is 55.6. The van der Waals surface area contributed by atoms with E-state index in [1.165, 1.54) is 0 Å². The van der Waals surface area contributed by atoms with E-state index in [1.807, 2.05) is 169 Å². The maximum Gasteiger partial charge on any atom is 0.500 e. The van der Waals surface area contributed by atoms with Gasteiger partial charge in [-0.25, -0.2) is 0 Å². The minimum Gasteiger partial charge on any atom is -0.465 e. The molecule has 6 N–H and O–H groups in total. The number of anilines is 2. The quantitative estimate of drug-likeness (QED) is 0.0374. The number of nitrogen functional groups attached to an aromatic ring is 2. The number of ether oxygens (including phenoxy) is 6. The van der Waals surface area contributed by atoms with Crippen LogP contribution in [0, 0.1) is 69.2 Å². The van der Waals surface area contributed by atoms with Gasteiger partial charge in [0.1, 0.15) is 39.8 Å². The van der Waals surface area contributed by atoms with Crippen molar-refractivity contribution in [2.45, 2.75) is 156 Å². The van der Waals surface area contributed by atoms with E-state index in [9.17, 15) is 0 Å². The van der Waals surface area contributed by atoms with Gasteiger partial charge in [0.05, 0.1) is 102 Å². The molecule has 0 spiro atoms. The Kier molecular flexibility index (Phi) is 23.7. The number of halogens is 2. The summed E-state index contributed by atoms with van der Waals surface area (Å²) in [5, 5.41) is 20.0. The second-order valence-electron chi connectivity index (χ2n) is 22.0. The van der Waals surface area contributed by atoms with E-state index in [4.69, 9.17) is 71.8 Å². The summed E-state index contributed by atoms with van der Waals surface area (Å²) in [7, 11) is -0.378. The number of nitrogens with zero attached hydrogens (tertiary/aromatic N) is 7. The lowest BCUT2D eigenvalue weighted by atomic mass is 9.77. The van der Waals surface area contributed by atoms with Crippen molar-refractivity contribution in [3.8, 4) is 56.5 Å². The van der Waals surface area contributed by atoms with E-state index in [-0.39, 0.29) is 18.3 Å². The van der Waals surface area contributed by atoms with Crippen molar-refractivity contribution in [2.75, 3.05) is 51.1 Å². The Morgan fingerprint density at radius 1 is 0.462 bits per heavy atom. The van der Waals surface area contributed by atoms with Crippen LogP contribution in [0.15, 0.2) is 68.0 Å². The van der Waals surface area contributed by atoms with Gasteiger partial charge in [-0.1, -0.05) is 25.8 Å². The largest absolute Gasteiger partial charge is 0.500 e. The molecule has 1 fully saturated rings. The van der Waals surface area contributed by atoms with Crippen molar-refractivity contribution >= 4 is 77.9 Å². The lowest BCUT2D eigenvalue weighted by molar-refractivity contribution is -0.495. The predicted molar refractivity (Wildman–Crippen MR) is 356 cm³/mol. The van der Waals surface area contributed by atoms with Crippen molar-refractivity contribution in [2.24, 2.45) is 0 Å². The Balaban J connectivity index is 0.000000165. The van der Waals surface area contributed by atoms with Gasteiger partial charge in [0.15, 0.2) is 0 Å². The minimum absolute atomic E-state index is 0.326. The van der Waals surface area contributed by atoms with Crippen LogP contribution < -0.4 is 26.4 Å². The third kappa shape index (κ3) is 16.1. The first kappa shape index (κ1) is 71.1. The van der Waals surface area contributed by atoms with Crippen molar-refractivity contribution in [3.05, 3.63) is 103 Å². The van der Waals surface area contributed by atoms with E-state index >= 15 is 0 Å². The van der Waals surface area contributed by atoms with Crippen LogP contribution in [-0.2, 0) is 28.3 Å². The fourth-order valence-electron chi connectivity index (χ4n) is 10.1. The van der Waals surface area contributed by atoms with Gasteiger partial charge in [-0.05, 0) is 223 Å². The second-order valence-corrected chi connectivity index (χ2v) is 23.7. The first-order chi connectivity index (χ1) is 43.1. The number of imidazole rings is 2. The highest BCUT2D eigenvalue weighted by Crippen LogP contribution is 2.41. The van der Waals surface area contributed by atoms with Gasteiger partial charge < -0.3 is 81.8 Å². The molecule has 1 saturated heterocycles. The van der Waals surface area contributed by atoms with E-state index in [0.717, 1.165) is 138 Å². The minimum atomic E-state index is -1.30. The first-order valence-electron chi connectivity index (χ1n) is 30.0. The van der Waals surface area contributed by atoms with E-state index in [0.29, 0.717) is 63.0 Å². The number of hydrogen-bond acceptors (Lipinski definition) is 22. The van der Waals surface area contributed by atoms with Gasteiger partial charge in [0.2, 0.25) is 0 Å². The summed E-state index contributed by atoms with van der Waals surface area (Å²) in [6.07, 6.45) is -1.30. The molecule has 0 aliphatic carbocycles. The molecule has 3 aromatic carbocycles. The Bertz CT molecular complexity index is 3900. The van der Waals surface area contributed by atoms with E-state index in [2.05, 4.69) is 83.6 Å². The SMILES string of the molecule is CCOC(OCC)(OCC)OCC.CCOc1nc2c(-c3c(C)noc3C)cc(-c3c(C)noc3C)cc2[nH]1.CCOc1nc2c(Br)cc(-c3c(C)noc3C)cc2[nH]1.Cc1noc(C)c1-c1cc(N)c(N)c(Br)c1.Cc1noc(C)c1B1OC(C)(C)C(C)(C)O1. The molecule has 490 valence electrons. The standard InChI is InChI=1S/C19H20N4O3.C14H14BrN3O2.C11H18BNO3.C11H12BrN3O.C9H20O4/c1-6-24-19-20-15-8-13(16-9(2)22-25-11(16)4)7-14(18(15)21-19)17-10(3)23-26-12(17)5;1-4-19-14-16-11-6-9(5-10(15)13(11)17-14)12-7(2)18-20-8(12)3;1-7-9(8(2)14-13-7)12-15-10(3,4)11(5,6)16-12;1-5-10(6(2)16-15-5)7-3-8(12)11(14)9(13)4-7;1-5-10-9(11-6-2,12-7-3)13-8-4/h7-8H,6H2,1-5H3,(H,20,21);5-6H,4H2,1-3H3,(H,16,17);1-6H3;3-4H,13-14H2,1-2H3;5-8H2,1-4H3. The van der Waals surface area contributed by atoms with Crippen LogP contribution in [0.3, 0.4) is 0 Å². The molecule has 8 heterocycles. The lowest BCUT2D eigenvalue weighted by Gasteiger charge is -2.32. The maximum atomic E-state index is 5.95. The Morgan fingerprint density at radius 3 is 1.20 bits per heavy atom.